The van der Waals surface area contributed by atoms with Crippen LogP contribution in [0, 0.1) is 0 Å². The number of halogens is 1. The Morgan fingerprint density at radius 2 is 1.92 bits per heavy atom. The normalized spacial score (nSPS) is 11.6. The lowest BCUT2D eigenvalue weighted by Gasteiger charge is -2.10. The predicted octanol–water partition coefficient (Wildman–Crippen LogP) is 3.80. The Hall–Kier alpha value is -1.05. The Morgan fingerprint density at radius 1 is 1.23 bits per heavy atom. The first-order valence-electron chi connectivity index (χ1n) is 4.76. The minimum absolute atomic E-state index is 0. The zero-order valence-corrected chi connectivity index (χ0v) is 8.13. The summed E-state index contributed by atoms with van der Waals surface area (Å²) >= 11 is 0. The number of hydrogen-bond acceptors (Lipinski definition) is 1. The molecule has 0 atom stereocenters. The summed E-state index contributed by atoms with van der Waals surface area (Å²) in [5.41, 5.74) is 4.24. The number of rotatable bonds is 3. The summed E-state index contributed by atoms with van der Waals surface area (Å²) in [5.74, 6) is 0.745. The summed E-state index contributed by atoms with van der Waals surface area (Å²) in [6.45, 7) is 4.52. The Morgan fingerprint density at radius 3 is 2.54 bits per heavy atom. The third kappa shape index (κ3) is 1.67. The molecule has 0 radical (unpaired) electrons. The molecule has 0 amide bonds. The van der Waals surface area contributed by atoms with E-state index in [1.54, 1.807) is 0 Å². The molecule has 1 aromatic rings. The highest BCUT2D eigenvalue weighted by molar-refractivity contribution is 5.92. The van der Waals surface area contributed by atoms with Crippen molar-refractivity contribution in [1.82, 2.24) is 0 Å². The Kier molecular flexibility index (Phi) is 2.91. The van der Waals surface area contributed by atoms with Crippen molar-refractivity contribution in [3.8, 4) is 0 Å². The minimum Gasteiger partial charge on any atom is -0.352 e. The van der Waals surface area contributed by atoms with Gasteiger partial charge in [-0.25, -0.2) is 0 Å². The molecule has 1 N–H and O–H groups in total. The third-order valence-electron chi connectivity index (χ3n) is 2.72. The Labute approximate surface area is 78.5 Å². The van der Waals surface area contributed by atoms with Crippen molar-refractivity contribution in [1.29, 1.82) is 0 Å². The summed E-state index contributed by atoms with van der Waals surface area (Å²) < 4.78 is 0. The van der Waals surface area contributed by atoms with Gasteiger partial charge in [0.2, 0.25) is 0 Å². The van der Waals surface area contributed by atoms with Crippen LogP contribution in [0.5, 0.6) is 0 Å². The number of anilines is 2. The summed E-state index contributed by atoms with van der Waals surface area (Å²) in [5, 5.41) is 3.31. The monoisotopic (exact) mass is 181 g/mol. The number of nitrogens with one attached hydrogen (secondary N) is 1. The van der Waals surface area contributed by atoms with Gasteiger partial charge in [0.25, 0.3) is 0 Å². The van der Waals surface area contributed by atoms with E-state index >= 15 is 0 Å². The molecule has 0 aromatic heterocycles. The second kappa shape index (κ2) is 3.77. The molecular weight excluding hydrogens is 165 g/mol. The molecular formula is C11H16FN. The van der Waals surface area contributed by atoms with Crippen LogP contribution < -0.4 is 5.32 Å². The molecule has 0 spiro atoms. The van der Waals surface area contributed by atoms with Gasteiger partial charge in [-0.05, 0) is 30.4 Å². The molecule has 0 saturated heterocycles. The summed E-state index contributed by atoms with van der Waals surface area (Å²) in [4.78, 5) is 0. The average molecular weight is 181 g/mol. The third-order valence-corrected chi connectivity index (χ3v) is 2.72. The fourth-order valence-electron chi connectivity index (χ4n) is 1.86. The van der Waals surface area contributed by atoms with E-state index in [9.17, 15) is 0 Å². The lowest BCUT2D eigenvalue weighted by atomic mass is 9.94. The highest BCUT2D eigenvalue weighted by atomic mass is 19.0. The van der Waals surface area contributed by atoms with Crippen LogP contribution >= 0.6 is 0 Å². The topological polar surface area (TPSA) is 21.9 Å². The van der Waals surface area contributed by atoms with Gasteiger partial charge in [-0.3, -0.25) is 4.70 Å². The van der Waals surface area contributed by atoms with Gasteiger partial charge in [0.15, 0.2) is 0 Å². The fraction of sp³-hybridized carbons (Fsp3) is 0.455. The van der Waals surface area contributed by atoms with E-state index in [4.69, 9.17) is 0 Å². The van der Waals surface area contributed by atoms with Crippen molar-refractivity contribution in [3.05, 3.63) is 23.8 Å². The van der Waals surface area contributed by atoms with Crippen LogP contribution in [0.1, 0.15) is 38.2 Å². The first kappa shape index (κ1) is 10.0. The maximum Gasteiger partial charge on any atom is 0.0659 e. The molecule has 1 aromatic carbocycles. The van der Waals surface area contributed by atoms with Crippen LogP contribution in [0.15, 0.2) is 18.2 Å². The molecule has 1 heterocycles. The lowest BCUT2D eigenvalue weighted by molar-refractivity contribution is 0.645. The minimum atomic E-state index is 0. The highest BCUT2D eigenvalue weighted by Crippen LogP contribution is 2.45. The zero-order chi connectivity index (χ0) is 8.55. The molecule has 2 heteroatoms. The molecule has 0 aliphatic carbocycles. The van der Waals surface area contributed by atoms with E-state index in [0.29, 0.717) is 0 Å². The second-order valence-corrected chi connectivity index (χ2v) is 3.41. The van der Waals surface area contributed by atoms with Gasteiger partial charge in [0.05, 0.1) is 11.4 Å². The van der Waals surface area contributed by atoms with E-state index in [-0.39, 0.29) is 4.70 Å². The quantitative estimate of drug-likeness (QED) is 0.715. The van der Waals surface area contributed by atoms with Crippen molar-refractivity contribution in [3.63, 3.8) is 0 Å². The van der Waals surface area contributed by atoms with Gasteiger partial charge in [-0.1, -0.05) is 26.0 Å². The van der Waals surface area contributed by atoms with Crippen molar-refractivity contribution in [2.75, 3.05) is 5.32 Å². The molecule has 1 aliphatic heterocycles. The first-order valence-corrected chi connectivity index (χ1v) is 4.76. The standard InChI is InChI=1S/C11H15N.FH/c1-3-8(4-2)9-6-5-7-10-11(9)12-10;/h5-8,12H,3-4H2,1-2H3;1H. The molecule has 0 saturated carbocycles. The average Bonchev–Trinajstić information content (AvgIpc) is 2.86. The van der Waals surface area contributed by atoms with E-state index in [2.05, 4.69) is 37.4 Å². The molecule has 1 nitrogen and oxygen atoms in total. The van der Waals surface area contributed by atoms with Crippen molar-refractivity contribution in [2.24, 2.45) is 0 Å². The van der Waals surface area contributed by atoms with Crippen molar-refractivity contribution in [2.45, 2.75) is 32.6 Å². The van der Waals surface area contributed by atoms with E-state index in [1.165, 1.54) is 29.8 Å². The van der Waals surface area contributed by atoms with E-state index in [0.717, 1.165) is 5.92 Å². The fourth-order valence-corrected chi connectivity index (χ4v) is 1.86. The number of benzene rings is 1. The molecule has 2 rings (SSSR count). The molecule has 0 unspecified atom stereocenters. The Bertz CT molecular complexity index is 292. The van der Waals surface area contributed by atoms with E-state index in [1.807, 2.05) is 0 Å². The maximum atomic E-state index is 3.31. The molecule has 0 fully saturated rings. The second-order valence-electron chi connectivity index (χ2n) is 3.41. The number of para-hydroxylation sites is 1. The molecule has 13 heavy (non-hydrogen) atoms. The van der Waals surface area contributed by atoms with E-state index < -0.39 is 0 Å². The SMILES string of the molecule is CCC(CC)c1cccc2c1N2.F. The molecule has 72 valence electrons. The smallest absolute Gasteiger partial charge is 0.0659 e. The summed E-state index contributed by atoms with van der Waals surface area (Å²) in [7, 11) is 0. The van der Waals surface area contributed by atoms with Crippen molar-refractivity contribution >= 4 is 11.4 Å². The molecule has 0 bridgehead atoms. The van der Waals surface area contributed by atoms with Crippen LogP contribution in [0.4, 0.5) is 16.1 Å². The number of fused-ring (bicyclic) bond motifs is 1. The largest absolute Gasteiger partial charge is 0.352 e. The highest BCUT2D eigenvalue weighted by Gasteiger charge is 2.22. The first-order chi connectivity index (χ1) is 5.86. The molecule has 1 aliphatic rings. The lowest BCUT2D eigenvalue weighted by Crippen LogP contribution is -1.93. The van der Waals surface area contributed by atoms with Crippen LogP contribution in [0.2, 0.25) is 0 Å². The van der Waals surface area contributed by atoms with Gasteiger partial charge in [-0.15, -0.1) is 0 Å². The maximum absolute atomic E-state index is 3.31. The number of hydrogen-bond donors (Lipinski definition) is 1. The van der Waals surface area contributed by atoms with Crippen LogP contribution in [-0.4, -0.2) is 0 Å². The van der Waals surface area contributed by atoms with Crippen LogP contribution in [0.3, 0.4) is 0 Å². The Balaban J connectivity index is 0.000000845. The summed E-state index contributed by atoms with van der Waals surface area (Å²) in [6, 6.07) is 6.53. The zero-order valence-electron chi connectivity index (χ0n) is 8.13. The van der Waals surface area contributed by atoms with Gasteiger partial charge >= 0.3 is 0 Å². The van der Waals surface area contributed by atoms with Crippen LogP contribution in [-0.2, 0) is 0 Å². The summed E-state index contributed by atoms with van der Waals surface area (Å²) in [6.07, 6.45) is 2.49. The van der Waals surface area contributed by atoms with Gasteiger partial charge in [-0.2, -0.15) is 0 Å². The van der Waals surface area contributed by atoms with Gasteiger partial charge in [0.1, 0.15) is 0 Å². The van der Waals surface area contributed by atoms with Crippen LogP contribution in [0.25, 0.3) is 0 Å². The predicted molar refractivity (Wildman–Crippen MR) is 55.6 cm³/mol. The van der Waals surface area contributed by atoms with Gasteiger partial charge in [0, 0.05) is 0 Å². The van der Waals surface area contributed by atoms with Gasteiger partial charge < -0.3 is 5.32 Å². The van der Waals surface area contributed by atoms with Crippen molar-refractivity contribution < 1.29 is 4.70 Å².